The second-order valence-electron chi connectivity index (χ2n) is 5.85. The fourth-order valence-corrected chi connectivity index (χ4v) is 2.90. The van der Waals surface area contributed by atoms with E-state index in [0.717, 1.165) is 12.1 Å². The molecule has 4 nitrogen and oxygen atoms in total. The highest BCUT2D eigenvalue weighted by atomic mass is 19.1. The van der Waals surface area contributed by atoms with Crippen LogP contribution in [0, 0.1) is 18.6 Å². The fraction of sp³-hybridized carbons (Fsp3) is 0.158. The summed E-state index contributed by atoms with van der Waals surface area (Å²) in [5, 5.41) is 0.649. The molecule has 3 rings (SSSR count). The Morgan fingerprint density at radius 2 is 1.80 bits per heavy atom. The summed E-state index contributed by atoms with van der Waals surface area (Å²) in [6, 6.07) is 8.37. The van der Waals surface area contributed by atoms with Crippen LogP contribution in [0.4, 0.5) is 8.78 Å². The van der Waals surface area contributed by atoms with Gasteiger partial charge in [-0.15, -0.1) is 0 Å². The minimum atomic E-state index is -0.938. The monoisotopic (exact) mass is 342 g/mol. The zero-order chi connectivity index (χ0) is 18.1. The number of nitrogens with two attached hydrogens (primary N) is 1. The van der Waals surface area contributed by atoms with Crippen LogP contribution in [0.5, 0.6) is 0 Å². The predicted octanol–water partition coefficient (Wildman–Crippen LogP) is 2.85. The number of carbonyl (C=O) groups is 1. The molecule has 0 unspecified atom stereocenters. The van der Waals surface area contributed by atoms with Crippen LogP contribution >= 0.6 is 0 Å². The van der Waals surface area contributed by atoms with Gasteiger partial charge in [-0.3, -0.25) is 9.59 Å². The molecule has 0 saturated heterocycles. The molecule has 3 aromatic rings. The first kappa shape index (κ1) is 17.0. The zero-order valence-corrected chi connectivity index (χ0v) is 13.5. The molecule has 25 heavy (non-hydrogen) atoms. The molecule has 128 valence electrons. The fourth-order valence-electron chi connectivity index (χ4n) is 2.90. The van der Waals surface area contributed by atoms with Gasteiger partial charge in [0.1, 0.15) is 11.6 Å². The number of aromatic nitrogens is 1. The largest absolute Gasteiger partial charge is 0.330 e. The maximum atomic E-state index is 14.4. The first-order valence-corrected chi connectivity index (χ1v) is 7.77. The van der Waals surface area contributed by atoms with E-state index in [-0.39, 0.29) is 23.1 Å². The number of nitrogens with one attached hydrogen (secondary N) is 1. The van der Waals surface area contributed by atoms with Gasteiger partial charge in [-0.25, -0.2) is 8.78 Å². The quantitative estimate of drug-likeness (QED) is 0.716. The summed E-state index contributed by atoms with van der Waals surface area (Å²) < 4.78 is 28.7. The first-order chi connectivity index (χ1) is 11.9. The van der Waals surface area contributed by atoms with Gasteiger partial charge in [-0.05, 0) is 49.7 Å². The highest BCUT2D eigenvalue weighted by Crippen LogP contribution is 2.24. The topological polar surface area (TPSA) is 76.0 Å². The van der Waals surface area contributed by atoms with E-state index in [2.05, 4.69) is 4.98 Å². The van der Waals surface area contributed by atoms with Crippen molar-refractivity contribution in [2.75, 3.05) is 6.54 Å². The summed E-state index contributed by atoms with van der Waals surface area (Å²) in [4.78, 5) is 27.4. The Hall–Kier alpha value is -2.86. The van der Waals surface area contributed by atoms with Crippen molar-refractivity contribution < 1.29 is 13.6 Å². The van der Waals surface area contributed by atoms with Gasteiger partial charge in [0.05, 0.1) is 5.56 Å². The zero-order valence-electron chi connectivity index (χ0n) is 13.5. The third kappa shape index (κ3) is 3.08. The Balaban J connectivity index is 2.20. The molecule has 0 saturated carbocycles. The van der Waals surface area contributed by atoms with Crippen molar-refractivity contribution in [3.8, 4) is 0 Å². The lowest BCUT2D eigenvalue weighted by Crippen LogP contribution is -2.13. The number of fused-ring (bicyclic) bond motifs is 1. The second-order valence-corrected chi connectivity index (χ2v) is 5.85. The summed E-state index contributed by atoms with van der Waals surface area (Å²) in [6.07, 6.45) is 0.311. The Labute approximate surface area is 142 Å². The average Bonchev–Trinajstić information content (AvgIpc) is 2.53. The number of ketones is 1. The molecular formula is C19H16F2N2O2. The number of pyridine rings is 1. The molecule has 0 aliphatic heterocycles. The normalized spacial score (nSPS) is 11.0. The molecule has 0 atom stereocenters. The van der Waals surface area contributed by atoms with Crippen molar-refractivity contribution in [3.63, 3.8) is 0 Å². The number of hydrogen-bond acceptors (Lipinski definition) is 3. The molecule has 0 radical (unpaired) electrons. The van der Waals surface area contributed by atoms with Crippen molar-refractivity contribution in [2.24, 2.45) is 5.73 Å². The van der Waals surface area contributed by atoms with Crippen molar-refractivity contribution in [1.29, 1.82) is 0 Å². The smallest absolute Gasteiger partial charge is 0.256 e. The van der Waals surface area contributed by atoms with Crippen molar-refractivity contribution in [2.45, 2.75) is 13.3 Å². The molecule has 1 heterocycles. The molecule has 3 N–H and O–H groups in total. The van der Waals surface area contributed by atoms with E-state index in [0.29, 0.717) is 23.1 Å². The lowest BCUT2D eigenvalue weighted by Gasteiger charge is -2.10. The maximum absolute atomic E-state index is 14.4. The van der Waals surface area contributed by atoms with Gasteiger partial charge in [0.15, 0.2) is 5.78 Å². The summed E-state index contributed by atoms with van der Waals surface area (Å²) >= 11 is 0. The van der Waals surface area contributed by atoms with Crippen molar-refractivity contribution in [3.05, 3.63) is 80.8 Å². The number of hydrogen-bond donors (Lipinski definition) is 2. The number of halogens is 2. The van der Waals surface area contributed by atoms with E-state index in [1.54, 1.807) is 19.1 Å². The summed E-state index contributed by atoms with van der Waals surface area (Å²) in [6.45, 7) is 1.92. The van der Waals surface area contributed by atoms with Gasteiger partial charge in [0.2, 0.25) is 0 Å². The first-order valence-electron chi connectivity index (χ1n) is 7.77. The molecular weight excluding hydrogens is 326 g/mol. The Bertz CT molecular complexity index is 1020. The van der Waals surface area contributed by atoms with Crippen LogP contribution in [-0.4, -0.2) is 17.3 Å². The lowest BCUT2D eigenvalue weighted by molar-refractivity contribution is 0.103. The summed E-state index contributed by atoms with van der Waals surface area (Å²) in [5.74, 6) is -2.68. The molecule has 0 aliphatic carbocycles. The molecule has 0 bridgehead atoms. The summed E-state index contributed by atoms with van der Waals surface area (Å²) in [5.41, 5.74) is 5.43. The summed E-state index contributed by atoms with van der Waals surface area (Å²) in [7, 11) is 0. The van der Waals surface area contributed by atoms with Gasteiger partial charge in [-0.2, -0.15) is 0 Å². The van der Waals surface area contributed by atoms with Crippen LogP contribution in [0.15, 0.2) is 41.2 Å². The maximum Gasteiger partial charge on any atom is 0.256 e. The number of aromatic amines is 1. The second kappa shape index (κ2) is 6.57. The van der Waals surface area contributed by atoms with Crippen LogP contribution < -0.4 is 11.3 Å². The Morgan fingerprint density at radius 1 is 1.12 bits per heavy atom. The van der Waals surface area contributed by atoms with E-state index >= 15 is 0 Å². The minimum Gasteiger partial charge on any atom is -0.330 e. The third-order valence-corrected chi connectivity index (χ3v) is 4.03. The highest BCUT2D eigenvalue weighted by molar-refractivity contribution is 6.16. The predicted molar refractivity (Wildman–Crippen MR) is 91.9 cm³/mol. The molecule has 0 aliphatic rings. The number of rotatable bonds is 4. The van der Waals surface area contributed by atoms with Crippen LogP contribution in [0.25, 0.3) is 10.8 Å². The Morgan fingerprint density at radius 3 is 2.44 bits per heavy atom. The van der Waals surface area contributed by atoms with Gasteiger partial charge < -0.3 is 10.7 Å². The number of benzene rings is 2. The van der Waals surface area contributed by atoms with Crippen molar-refractivity contribution in [1.82, 2.24) is 4.98 Å². The van der Waals surface area contributed by atoms with E-state index in [1.165, 1.54) is 12.1 Å². The van der Waals surface area contributed by atoms with Gasteiger partial charge in [0.25, 0.3) is 5.56 Å². The van der Waals surface area contributed by atoms with E-state index in [4.69, 9.17) is 5.73 Å². The van der Waals surface area contributed by atoms with Crippen LogP contribution in [0.1, 0.15) is 27.2 Å². The molecule has 6 heteroatoms. The van der Waals surface area contributed by atoms with E-state index < -0.39 is 23.0 Å². The van der Waals surface area contributed by atoms with Crippen LogP contribution in [0.3, 0.4) is 0 Å². The van der Waals surface area contributed by atoms with E-state index in [9.17, 15) is 18.4 Å². The number of aryl methyl sites for hydroxylation is 1. The minimum absolute atomic E-state index is 0.0797. The van der Waals surface area contributed by atoms with E-state index in [1.807, 2.05) is 0 Å². The highest BCUT2D eigenvalue weighted by Gasteiger charge is 2.22. The third-order valence-electron chi connectivity index (χ3n) is 4.03. The molecule has 1 aromatic heterocycles. The van der Waals surface area contributed by atoms with Gasteiger partial charge in [-0.1, -0.05) is 12.1 Å². The number of carbonyl (C=O) groups excluding carboxylic acids is 1. The molecule has 0 fully saturated rings. The van der Waals surface area contributed by atoms with Gasteiger partial charge >= 0.3 is 0 Å². The van der Waals surface area contributed by atoms with Gasteiger partial charge in [0, 0.05) is 22.0 Å². The average molecular weight is 342 g/mol. The Kier molecular flexibility index (Phi) is 4.46. The van der Waals surface area contributed by atoms with Crippen molar-refractivity contribution >= 4 is 16.6 Å². The molecule has 2 aromatic carbocycles. The lowest BCUT2D eigenvalue weighted by atomic mass is 9.95. The number of H-pyrrole nitrogens is 1. The van der Waals surface area contributed by atoms with Crippen LogP contribution in [0.2, 0.25) is 0 Å². The molecule has 0 amide bonds. The van der Waals surface area contributed by atoms with Crippen LogP contribution in [-0.2, 0) is 6.42 Å². The molecule has 0 spiro atoms. The standard InChI is InChI=1S/C19H16F2N2O2/c1-10-7-14-12(3-2-4-13(14)19(25)23-10)18(24)17-15(20)8-11(5-6-22)9-16(17)21/h2-4,7-9H,5-6,22H2,1H3,(H,23,25). The SMILES string of the molecule is Cc1cc2c(C(=O)c3c(F)cc(CCN)cc3F)cccc2c(=O)[nH]1.